The fourth-order valence-electron chi connectivity index (χ4n) is 2.98. The Hall–Kier alpha value is -3.78. The summed E-state index contributed by atoms with van der Waals surface area (Å²) in [7, 11) is 0. The molecule has 1 amide bonds. The van der Waals surface area contributed by atoms with Crippen LogP contribution in [0.25, 0.3) is 0 Å². The fraction of sp³-hybridized carbons (Fsp3) is 0.0833. The molecule has 8 heteroatoms. The SMILES string of the molecule is Cc1ccc(Nc2nc(C)cc(Nc3ccc(NC(=O)c4cncc(Br)c4)cc3)n2)cc1. The molecule has 4 aromatic rings. The quantitative estimate of drug-likeness (QED) is 0.308. The van der Waals surface area contributed by atoms with Gasteiger partial charge in [-0.3, -0.25) is 9.78 Å². The summed E-state index contributed by atoms with van der Waals surface area (Å²) in [6.07, 6.45) is 3.16. The van der Waals surface area contributed by atoms with Crippen LogP contribution >= 0.6 is 15.9 Å². The van der Waals surface area contributed by atoms with Gasteiger partial charge in [0.05, 0.1) is 5.56 Å². The molecule has 0 radical (unpaired) electrons. The number of amides is 1. The highest BCUT2D eigenvalue weighted by Crippen LogP contribution is 2.21. The van der Waals surface area contributed by atoms with E-state index in [1.165, 1.54) is 11.8 Å². The minimum atomic E-state index is -0.224. The Bertz CT molecular complexity index is 1240. The van der Waals surface area contributed by atoms with Crippen LogP contribution in [0.5, 0.6) is 0 Å². The van der Waals surface area contributed by atoms with Gasteiger partial charge in [0.15, 0.2) is 0 Å². The van der Waals surface area contributed by atoms with Crippen molar-refractivity contribution < 1.29 is 4.79 Å². The van der Waals surface area contributed by atoms with E-state index in [4.69, 9.17) is 0 Å². The third kappa shape index (κ3) is 5.67. The number of carbonyl (C=O) groups is 1. The van der Waals surface area contributed by atoms with Crippen molar-refractivity contribution in [3.63, 3.8) is 0 Å². The average molecular weight is 489 g/mol. The van der Waals surface area contributed by atoms with Gasteiger partial charge in [-0.15, -0.1) is 0 Å². The van der Waals surface area contributed by atoms with E-state index in [1.807, 2.05) is 68.4 Å². The van der Waals surface area contributed by atoms with Gasteiger partial charge in [0.2, 0.25) is 5.95 Å². The molecular formula is C24H21BrN6O. The lowest BCUT2D eigenvalue weighted by Gasteiger charge is -2.11. The van der Waals surface area contributed by atoms with E-state index in [0.29, 0.717) is 23.0 Å². The van der Waals surface area contributed by atoms with Crippen LogP contribution in [0.4, 0.5) is 28.8 Å². The van der Waals surface area contributed by atoms with Gasteiger partial charge in [0.25, 0.3) is 5.91 Å². The topological polar surface area (TPSA) is 91.8 Å². The molecule has 2 heterocycles. The van der Waals surface area contributed by atoms with E-state index in [9.17, 15) is 4.79 Å². The van der Waals surface area contributed by atoms with Crippen molar-refractivity contribution in [3.05, 3.63) is 94.4 Å². The van der Waals surface area contributed by atoms with Crippen LogP contribution < -0.4 is 16.0 Å². The average Bonchev–Trinajstić information content (AvgIpc) is 2.76. The fourth-order valence-corrected chi connectivity index (χ4v) is 3.34. The first-order valence-corrected chi connectivity index (χ1v) is 10.7. The minimum absolute atomic E-state index is 0.224. The summed E-state index contributed by atoms with van der Waals surface area (Å²) in [6.45, 7) is 3.96. The number of nitrogens with one attached hydrogen (secondary N) is 3. The van der Waals surface area contributed by atoms with Crippen molar-refractivity contribution in [2.45, 2.75) is 13.8 Å². The number of aryl methyl sites for hydroxylation is 2. The Labute approximate surface area is 194 Å². The smallest absolute Gasteiger partial charge is 0.257 e. The Morgan fingerprint density at radius 1 is 0.812 bits per heavy atom. The predicted molar refractivity (Wildman–Crippen MR) is 131 cm³/mol. The maximum atomic E-state index is 12.4. The normalized spacial score (nSPS) is 10.5. The molecule has 0 bridgehead atoms. The number of rotatable bonds is 6. The predicted octanol–water partition coefficient (Wildman–Crippen LogP) is 5.99. The van der Waals surface area contributed by atoms with E-state index < -0.39 is 0 Å². The van der Waals surface area contributed by atoms with Gasteiger partial charge >= 0.3 is 0 Å². The number of nitrogens with zero attached hydrogens (tertiary/aromatic N) is 3. The van der Waals surface area contributed by atoms with Crippen molar-refractivity contribution in [2.24, 2.45) is 0 Å². The van der Waals surface area contributed by atoms with E-state index in [2.05, 4.69) is 46.8 Å². The highest BCUT2D eigenvalue weighted by molar-refractivity contribution is 9.10. The van der Waals surface area contributed by atoms with Crippen molar-refractivity contribution in [1.82, 2.24) is 15.0 Å². The number of anilines is 5. The zero-order valence-corrected chi connectivity index (χ0v) is 19.1. The van der Waals surface area contributed by atoms with Crippen LogP contribution in [0, 0.1) is 13.8 Å². The molecule has 0 aliphatic heterocycles. The molecule has 0 saturated carbocycles. The van der Waals surface area contributed by atoms with Crippen LogP contribution in [0.15, 0.2) is 77.5 Å². The zero-order chi connectivity index (χ0) is 22.5. The lowest BCUT2D eigenvalue weighted by Crippen LogP contribution is -2.12. The van der Waals surface area contributed by atoms with Gasteiger partial charge in [0.1, 0.15) is 5.82 Å². The standard InChI is InChI=1S/C24H21BrN6O/c1-15-3-5-21(6-4-15)30-24-27-16(2)11-22(31-24)28-19-7-9-20(10-8-19)29-23(32)17-12-18(25)14-26-13-17/h3-14H,1-2H3,(H,29,32)(H2,27,28,30,31). The summed E-state index contributed by atoms with van der Waals surface area (Å²) in [4.78, 5) is 25.4. The molecular weight excluding hydrogens is 468 g/mol. The molecule has 3 N–H and O–H groups in total. The van der Waals surface area contributed by atoms with Crippen molar-refractivity contribution in [3.8, 4) is 0 Å². The van der Waals surface area contributed by atoms with E-state index in [1.54, 1.807) is 12.3 Å². The molecule has 0 aliphatic carbocycles. The molecule has 32 heavy (non-hydrogen) atoms. The Morgan fingerprint density at radius 2 is 1.47 bits per heavy atom. The molecule has 2 aromatic carbocycles. The molecule has 0 fully saturated rings. The lowest BCUT2D eigenvalue weighted by molar-refractivity contribution is 0.102. The summed E-state index contributed by atoms with van der Waals surface area (Å²) in [5.74, 6) is 0.963. The van der Waals surface area contributed by atoms with Gasteiger partial charge in [-0.2, -0.15) is 4.98 Å². The third-order valence-corrected chi connectivity index (χ3v) is 4.98. The minimum Gasteiger partial charge on any atom is -0.340 e. The van der Waals surface area contributed by atoms with Crippen molar-refractivity contribution >= 4 is 50.7 Å². The summed E-state index contributed by atoms with van der Waals surface area (Å²) < 4.78 is 0.751. The molecule has 0 aliphatic rings. The maximum Gasteiger partial charge on any atom is 0.257 e. The van der Waals surface area contributed by atoms with Gasteiger partial charge < -0.3 is 16.0 Å². The molecule has 0 spiro atoms. The summed E-state index contributed by atoms with van der Waals surface area (Å²) >= 11 is 3.32. The van der Waals surface area contributed by atoms with E-state index in [0.717, 1.165) is 21.5 Å². The number of hydrogen-bond acceptors (Lipinski definition) is 6. The number of hydrogen-bond donors (Lipinski definition) is 3. The first-order valence-electron chi connectivity index (χ1n) is 9.93. The summed E-state index contributed by atoms with van der Waals surface area (Å²) in [6, 6.07) is 19.0. The molecule has 4 rings (SSSR count). The van der Waals surface area contributed by atoms with E-state index in [-0.39, 0.29) is 5.91 Å². The molecule has 0 unspecified atom stereocenters. The van der Waals surface area contributed by atoms with Crippen LogP contribution in [0.3, 0.4) is 0 Å². The second-order valence-corrected chi connectivity index (χ2v) is 8.17. The molecule has 2 aromatic heterocycles. The lowest BCUT2D eigenvalue weighted by atomic mass is 10.2. The number of carbonyl (C=O) groups excluding carboxylic acids is 1. The van der Waals surface area contributed by atoms with Crippen molar-refractivity contribution in [2.75, 3.05) is 16.0 Å². The Balaban J connectivity index is 1.43. The molecule has 160 valence electrons. The highest BCUT2D eigenvalue weighted by Gasteiger charge is 2.08. The van der Waals surface area contributed by atoms with Crippen LogP contribution in [-0.2, 0) is 0 Å². The largest absolute Gasteiger partial charge is 0.340 e. The Kier molecular flexibility index (Phi) is 6.42. The van der Waals surface area contributed by atoms with Gasteiger partial charge in [-0.25, -0.2) is 4.98 Å². The monoisotopic (exact) mass is 488 g/mol. The number of benzene rings is 2. The van der Waals surface area contributed by atoms with Crippen LogP contribution in [0.1, 0.15) is 21.6 Å². The van der Waals surface area contributed by atoms with E-state index >= 15 is 0 Å². The molecule has 0 atom stereocenters. The number of halogens is 1. The number of aromatic nitrogens is 3. The summed E-state index contributed by atoms with van der Waals surface area (Å²) in [5, 5.41) is 9.37. The second kappa shape index (κ2) is 9.57. The van der Waals surface area contributed by atoms with Crippen molar-refractivity contribution in [1.29, 1.82) is 0 Å². The third-order valence-electron chi connectivity index (χ3n) is 4.54. The van der Waals surface area contributed by atoms with Gasteiger partial charge in [-0.1, -0.05) is 17.7 Å². The van der Waals surface area contributed by atoms with Gasteiger partial charge in [-0.05, 0) is 72.2 Å². The Morgan fingerprint density at radius 3 is 2.19 bits per heavy atom. The summed E-state index contributed by atoms with van der Waals surface area (Å²) in [5.41, 5.74) is 4.95. The molecule has 0 saturated heterocycles. The first-order chi connectivity index (χ1) is 15.4. The highest BCUT2D eigenvalue weighted by atomic mass is 79.9. The van der Waals surface area contributed by atoms with Crippen LogP contribution in [0.2, 0.25) is 0 Å². The van der Waals surface area contributed by atoms with Crippen LogP contribution in [-0.4, -0.2) is 20.9 Å². The molecule has 7 nitrogen and oxygen atoms in total. The first kappa shape index (κ1) is 21.5. The number of pyridine rings is 1. The maximum absolute atomic E-state index is 12.4. The van der Waals surface area contributed by atoms with Gasteiger partial charge in [0, 0.05) is 45.7 Å². The second-order valence-electron chi connectivity index (χ2n) is 7.26. The zero-order valence-electron chi connectivity index (χ0n) is 17.6.